The molecule has 0 aromatic heterocycles. The summed E-state index contributed by atoms with van der Waals surface area (Å²) < 4.78 is 12.9. The molecule has 0 bridgehead atoms. The van der Waals surface area contributed by atoms with Gasteiger partial charge in [-0.15, -0.1) is 0 Å². The van der Waals surface area contributed by atoms with Gasteiger partial charge in [-0.25, -0.2) is 0 Å². The summed E-state index contributed by atoms with van der Waals surface area (Å²) >= 11 is 0. The molecule has 2 aromatic rings. The SMILES string of the molecule is CN[C@@H](C)C(=O)N[C@H](C(=O)N1CCC[C@H]1C(=O)N[C@@H]1CCCc2c(OCCCCCOc3cccc4c3CCC[C@H]4NC(=O)[C@@H]3CCCN3C(=O)[C@@H](NC(=O)[C@H](C)NC)C3CCCCC3)cccc21)C1CCCCC1. The van der Waals surface area contributed by atoms with Crippen LogP contribution < -0.4 is 41.4 Å². The number of nitrogens with one attached hydrogen (secondary N) is 6. The van der Waals surface area contributed by atoms with Gasteiger partial charge in [0, 0.05) is 13.1 Å². The Hall–Kier alpha value is -5.22. The first-order valence-electron chi connectivity index (χ1n) is 29.1. The number of carbonyl (C=O) groups excluding carboxylic acids is 6. The van der Waals surface area contributed by atoms with Crippen molar-refractivity contribution in [2.24, 2.45) is 11.8 Å². The van der Waals surface area contributed by atoms with Crippen LogP contribution in [0.25, 0.3) is 0 Å². The van der Waals surface area contributed by atoms with Crippen LogP contribution in [0.1, 0.15) is 183 Å². The summed E-state index contributed by atoms with van der Waals surface area (Å²) in [5, 5.41) is 18.8. The lowest BCUT2D eigenvalue weighted by Crippen LogP contribution is -2.58. The van der Waals surface area contributed by atoms with Crippen LogP contribution in [-0.4, -0.2) is 122 Å². The first-order chi connectivity index (χ1) is 36.5. The summed E-state index contributed by atoms with van der Waals surface area (Å²) in [4.78, 5) is 86.4. The van der Waals surface area contributed by atoms with Crippen LogP contribution in [0.15, 0.2) is 36.4 Å². The largest absolute Gasteiger partial charge is 0.493 e. The Balaban J connectivity index is 0.801. The summed E-state index contributed by atoms with van der Waals surface area (Å²) in [6, 6.07) is 8.64. The molecule has 2 heterocycles. The summed E-state index contributed by atoms with van der Waals surface area (Å²) in [6.07, 6.45) is 20.6. The van der Waals surface area contributed by atoms with Crippen molar-refractivity contribution in [1.29, 1.82) is 0 Å². The molecule has 75 heavy (non-hydrogen) atoms. The molecule has 2 saturated carbocycles. The van der Waals surface area contributed by atoms with E-state index >= 15 is 0 Å². The van der Waals surface area contributed by atoms with Crippen LogP contribution in [-0.2, 0) is 41.6 Å². The Bertz CT molecular complexity index is 2130. The molecule has 6 N–H and O–H groups in total. The Kier molecular flexibility index (Phi) is 20.3. The minimum Gasteiger partial charge on any atom is -0.493 e. The molecule has 0 radical (unpaired) electrons. The monoisotopic (exact) mass is 1040 g/mol. The lowest BCUT2D eigenvalue weighted by Gasteiger charge is -2.36. The average molecular weight is 1040 g/mol. The van der Waals surface area contributed by atoms with Crippen LogP contribution in [0.2, 0.25) is 0 Å². The molecule has 2 aliphatic heterocycles. The van der Waals surface area contributed by atoms with Gasteiger partial charge in [0.05, 0.1) is 37.4 Å². The predicted molar refractivity (Wildman–Crippen MR) is 289 cm³/mol. The average Bonchev–Trinajstić information content (AvgIpc) is 4.15. The Morgan fingerprint density at radius 2 is 0.933 bits per heavy atom. The number of likely N-dealkylation sites (N-methyl/N-ethyl adjacent to an activating group) is 2. The van der Waals surface area contributed by atoms with Gasteiger partial charge in [-0.2, -0.15) is 0 Å². The number of hydrogen-bond donors (Lipinski definition) is 6. The number of likely N-dealkylation sites (tertiary alicyclic amines) is 2. The van der Waals surface area contributed by atoms with E-state index in [1.54, 1.807) is 37.7 Å². The zero-order chi connectivity index (χ0) is 52.8. The lowest BCUT2D eigenvalue weighted by atomic mass is 9.83. The van der Waals surface area contributed by atoms with Crippen LogP contribution >= 0.6 is 0 Å². The van der Waals surface area contributed by atoms with Gasteiger partial charge in [0.1, 0.15) is 35.7 Å². The second-order valence-electron chi connectivity index (χ2n) is 22.5. The number of carbonyl (C=O) groups is 6. The lowest BCUT2D eigenvalue weighted by molar-refractivity contribution is -0.143. The van der Waals surface area contributed by atoms with E-state index < -0.39 is 36.3 Å². The van der Waals surface area contributed by atoms with Crippen molar-refractivity contribution in [2.45, 2.75) is 210 Å². The molecule has 0 spiro atoms. The third-order valence-electron chi connectivity index (χ3n) is 17.6. The number of unbranched alkanes of at least 4 members (excludes halogenated alkanes) is 2. The van der Waals surface area contributed by atoms with Gasteiger partial charge in [-0.1, -0.05) is 62.8 Å². The van der Waals surface area contributed by atoms with Crippen molar-refractivity contribution >= 4 is 35.4 Å². The van der Waals surface area contributed by atoms with Gasteiger partial charge >= 0.3 is 0 Å². The molecule has 2 saturated heterocycles. The van der Waals surface area contributed by atoms with E-state index in [-0.39, 0.29) is 59.4 Å². The second-order valence-corrected chi connectivity index (χ2v) is 22.5. The van der Waals surface area contributed by atoms with Gasteiger partial charge in [-0.05, 0) is 183 Å². The standard InChI is InChI=1S/C59H88N8O8/c1-38(60-3)54(68)64-52(40-20-8-5-9-21-40)58(72)66-34-18-30-48(66)56(70)62-46-28-14-26-44-42(46)24-16-32-50(44)74-36-12-7-13-37-75-51-33-17-25-43-45(51)27-15-29-47(43)63-57(71)49-31-19-35-67(49)59(73)53(41-22-10-6-11-23-41)65-55(69)39(2)61-4/h16-17,24-25,32-33,38-41,46-49,52-53,60-61H,5-15,18-23,26-31,34-37H2,1-4H3,(H,62,70)(H,63,71)(H,64,68)(H,65,69)/t38-,39-,46+,47+,48-,49-,52-,53-/m0/s1. The van der Waals surface area contributed by atoms with Crippen molar-refractivity contribution in [2.75, 3.05) is 40.4 Å². The Morgan fingerprint density at radius 1 is 0.520 bits per heavy atom. The van der Waals surface area contributed by atoms with E-state index in [9.17, 15) is 28.8 Å². The third-order valence-corrected chi connectivity index (χ3v) is 17.6. The van der Waals surface area contributed by atoms with Gasteiger partial charge in [0.2, 0.25) is 35.4 Å². The van der Waals surface area contributed by atoms with E-state index in [1.807, 2.05) is 24.3 Å². The smallest absolute Gasteiger partial charge is 0.246 e. The van der Waals surface area contributed by atoms with Crippen molar-refractivity contribution in [3.63, 3.8) is 0 Å². The maximum absolute atomic E-state index is 14.3. The number of benzene rings is 2. The fraction of sp³-hybridized carbons (Fsp3) is 0.695. The normalized spacial score (nSPS) is 23.7. The van der Waals surface area contributed by atoms with Crippen molar-refractivity contribution in [3.8, 4) is 11.5 Å². The quantitative estimate of drug-likeness (QED) is 0.0697. The second kappa shape index (κ2) is 27.2. The molecule has 4 fully saturated rings. The molecule has 6 amide bonds. The molecule has 16 heteroatoms. The minimum atomic E-state index is -0.633. The van der Waals surface area contributed by atoms with Crippen LogP contribution in [0.5, 0.6) is 11.5 Å². The number of ether oxygens (including phenoxy) is 2. The van der Waals surface area contributed by atoms with Gasteiger partial charge in [-0.3, -0.25) is 28.8 Å². The van der Waals surface area contributed by atoms with E-state index in [4.69, 9.17) is 9.47 Å². The van der Waals surface area contributed by atoms with Crippen molar-refractivity contribution < 1.29 is 38.2 Å². The maximum Gasteiger partial charge on any atom is 0.246 e. The predicted octanol–water partition coefficient (Wildman–Crippen LogP) is 6.63. The highest BCUT2D eigenvalue weighted by molar-refractivity contribution is 5.95. The Morgan fingerprint density at radius 3 is 1.33 bits per heavy atom. The number of rotatable bonds is 22. The fourth-order valence-electron chi connectivity index (χ4n) is 13.0. The van der Waals surface area contributed by atoms with Gasteiger partial charge < -0.3 is 51.2 Å². The highest BCUT2D eigenvalue weighted by Crippen LogP contribution is 2.39. The van der Waals surface area contributed by atoms with Gasteiger partial charge in [0.15, 0.2) is 0 Å². The first-order valence-corrected chi connectivity index (χ1v) is 29.1. The van der Waals surface area contributed by atoms with Crippen LogP contribution in [0, 0.1) is 11.8 Å². The molecule has 4 aliphatic carbocycles. The van der Waals surface area contributed by atoms with Crippen molar-refractivity contribution in [1.82, 2.24) is 41.7 Å². The molecule has 8 atom stereocenters. The van der Waals surface area contributed by atoms with E-state index in [2.05, 4.69) is 44.0 Å². The van der Waals surface area contributed by atoms with Crippen LogP contribution in [0.3, 0.4) is 0 Å². The molecule has 412 valence electrons. The molecule has 2 aromatic carbocycles. The fourth-order valence-corrected chi connectivity index (χ4v) is 13.0. The number of nitrogens with zero attached hydrogens (tertiary/aromatic N) is 2. The summed E-state index contributed by atoms with van der Waals surface area (Å²) in [6.45, 7) is 5.73. The number of hydrogen-bond acceptors (Lipinski definition) is 10. The highest BCUT2D eigenvalue weighted by atomic mass is 16.5. The number of amides is 6. The van der Waals surface area contributed by atoms with Crippen molar-refractivity contribution in [3.05, 3.63) is 58.7 Å². The topological polar surface area (TPSA) is 200 Å². The number of fused-ring (bicyclic) bond motifs is 2. The Labute approximate surface area is 446 Å². The van der Waals surface area contributed by atoms with Crippen LogP contribution in [0.4, 0.5) is 0 Å². The van der Waals surface area contributed by atoms with E-state index in [0.29, 0.717) is 39.1 Å². The molecular formula is C59H88N8O8. The van der Waals surface area contributed by atoms with Gasteiger partial charge in [0.25, 0.3) is 0 Å². The summed E-state index contributed by atoms with van der Waals surface area (Å²) in [5.74, 6) is 0.936. The molecule has 8 rings (SSSR count). The molecule has 0 unspecified atom stereocenters. The molecular weight excluding hydrogens is 949 g/mol. The van der Waals surface area contributed by atoms with E-state index in [1.165, 1.54) is 0 Å². The van der Waals surface area contributed by atoms with E-state index in [0.717, 1.165) is 169 Å². The zero-order valence-corrected chi connectivity index (χ0v) is 45.5. The zero-order valence-electron chi connectivity index (χ0n) is 45.5. The summed E-state index contributed by atoms with van der Waals surface area (Å²) in [7, 11) is 3.47. The summed E-state index contributed by atoms with van der Waals surface area (Å²) in [5.41, 5.74) is 4.43. The maximum atomic E-state index is 14.3. The first kappa shape index (κ1) is 56.0. The third kappa shape index (κ3) is 13.9. The minimum absolute atomic E-state index is 0.0655. The highest BCUT2D eigenvalue weighted by Gasteiger charge is 2.44. The molecule has 6 aliphatic rings. The molecule has 16 nitrogen and oxygen atoms in total.